The number of benzene rings is 1. The molecule has 4 heterocycles. The maximum absolute atomic E-state index is 12.7. The van der Waals surface area contributed by atoms with Gasteiger partial charge < -0.3 is 15.0 Å². The van der Waals surface area contributed by atoms with Gasteiger partial charge in [-0.25, -0.2) is 13.4 Å². The highest BCUT2D eigenvalue weighted by atomic mass is 35.5. The lowest BCUT2D eigenvalue weighted by Gasteiger charge is -2.33. The summed E-state index contributed by atoms with van der Waals surface area (Å²) in [5, 5.41) is 4.16. The van der Waals surface area contributed by atoms with E-state index in [0.29, 0.717) is 47.9 Å². The standard InChI is InChI=1S/C22H27ClN4O3S/c23-17-3-1-15(2-4-17)16-5-10-27(11-6-16)22-25-19-9-14-31(28,29)20(19)21(26-22)24-18-7-12-30-13-8-18/h1-4,16,18H,5-14H2,(H,24,25,26). The van der Waals surface area contributed by atoms with Crippen LogP contribution >= 0.6 is 11.6 Å². The van der Waals surface area contributed by atoms with Crippen LogP contribution in [0, 0.1) is 0 Å². The molecule has 0 amide bonds. The molecule has 0 aliphatic carbocycles. The van der Waals surface area contributed by atoms with Crippen molar-refractivity contribution in [2.45, 2.75) is 49.0 Å². The molecule has 3 aliphatic heterocycles. The fraction of sp³-hybridized carbons (Fsp3) is 0.545. The Bertz CT molecular complexity index is 1050. The van der Waals surface area contributed by atoms with Crippen molar-refractivity contribution in [2.75, 3.05) is 42.3 Å². The second-order valence-corrected chi connectivity index (χ2v) is 11.0. The SMILES string of the molecule is O=S1(=O)CCc2nc(N3CCC(c4ccc(Cl)cc4)CC3)nc(NC3CCOCC3)c21. The number of nitrogens with one attached hydrogen (secondary N) is 1. The molecule has 31 heavy (non-hydrogen) atoms. The van der Waals surface area contributed by atoms with Crippen LogP contribution in [0.1, 0.15) is 42.9 Å². The fourth-order valence-electron chi connectivity index (χ4n) is 4.74. The molecule has 9 heteroatoms. The molecule has 0 radical (unpaired) electrons. The van der Waals surface area contributed by atoms with Crippen LogP contribution in [0.15, 0.2) is 29.2 Å². The maximum Gasteiger partial charge on any atom is 0.227 e. The molecule has 1 aromatic heterocycles. The summed E-state index contributed by atoms with van der Waals surface area (Å²) in [7, 11) is -3.33. The van der Waals surface area contributed by atoms with Gasteiger partial charge in [0.25, 0.3) is 0 Å². The summed E-state index contributed by atoms with van der Waals surface area (Å²) in [6.07, 6.45) is 4.16. The lowest BCUT2D eigenvalue weighted by Crippen LogP contribution is -2.35. The number of hydrogen-bond donors (Lipinski definition) is 1. The van der Waals surface area contributed by atoms with Crippen molar-refractivity contribution in [3.63, 3.8) is 0 Å². The maximum atomic E-state index is 12.7. The minimum atomic E-state index is -3.33. The number of aryl methyl sites for hydroxylation is 1. The summed E-state index contributed by atoms with van der Waals surface area (Å²) in [6, 6.07) is 8.28. The Morgan fingerprint density at radius 2 is 1.74 bits per heavy atom. The number of sulfone groups is 1. The predicted octanol–water partition coefficient (Wildman–Crippen LogP) is 3.43. The van der Waals surface area contributed by atoms with Crippen molar-refractivity contribution >= 4 is 33.2 Å². The average Bonchev–Trinajstić information content (AvgIpc) is 3.10. The number of nitrogens with zero attached hydrogens (tertiary/aromatic N) is 3. The van der Waals surface area contributed by atoms with Gasteiger partial charge in [0.2, 0.25) is 5.95 Å². The van der Waals surface area contributed by atoms with Crippen LogP contribution in [-0.4, -0.2) is 56.5 Å². The zero-order valence-corrected chi connectivity index (χ0v) is 19.0. The molecule has 2 aromatic rings. The summed E-state index contributed by atoms with van der Waals surface area (Å²) in [5.41, 5.74) is 1.96. The molecule has 2 saturated heterocycles. The van der Waals surface area contributed by atoms with Gasteiger partial charge in [-0.15, -0.1) is 0 Å². The molecular formula is C22H27ClN4O3S. The molecule has 166 valence electrons. The first-order valence-corrected chi connectivity index (χ1v) is 13.0. The Hall–Kier alpha value is -1.90. The number of anilines is 2. The summed E-state index contributed by atoms with van der Waals surface area (Å²) < 4.78 is 30.8. The van der Waals surface area contributed by atoms with Crippen LogP contribution < -0.4 is 10.2 Å². The highest BCUT2D eigenvalue weighted by Gasteiger charge is 2.34. The molecule has 3 aliphatic rings. The third-order valence-electron chi connectivity index (χ3n) is 6.52. The smallest absolute Gasteiger partial charge is 0.227 e. The number of rotatable bonds is 4. The van der Waals surface area contributed by atoms with Crippen molar-refractivity contribution in [1.82, 2.24) is 9.97 Å². The van der Waals surface area contributed by atoms with E-state index in [1.807, 2.05) is 12.1 Å². The van der Waals surface area contributed by atoms with E-state index in [9.17, 15) is 8.42 Å². The van der Waals surface area contributed by atoms with Crippen LogP contribution in [0.5, 0.6) is 0 Å². The zero-order valence-electron chi connectivity index (χ0n) is 17.4. The van der Waals surface area contributed by atoms with Crippen molar-refractivity contribution in [3.05, 3.63) is 40.5 Å². The minimum Gasteiger partial charge on any atom is -0.381 e. The second-order valence-electron chi connectivity index (χ2n) is 8.56. The molecule has 1 aromatic carbocycles. The molecule has 0 bridgehead atoms. The van der Waals surface area contributed by atoms with Crippen LogP contribution in [0.2, 0.25) is 5.02 Å². The Kier molecular flexibility index (Phi) is 5.79. The molecular weight excluding hydrogens is 436 g/mol. The van der Waals surface area contributed by atoms with Crippen molar-refractivity contribution < 1.29 is 13.2 Å². The Morgan fingerprint density at radius 3 is 2.45 bits per heavy atom. The van der Waals surface area contributed by atoms with Crippen LogP contribution in [0.25, 0.3) is 0 Å². The third-order valence-corrected chi connectivity index (χ3v) is 8.57. The number of ether oxygens (including phenoxy) is 1. The predicted molar refractivity (Wildman–Crippen MR) is 121 cm³/mol. The van der Waals surface area contributed by atoms with E-state index in [1.165, 1.54) is 5.56 Å². The molecule has 2 fully saturated rings. The van der Waals surface area contributed by atoms with Gasteiger partial charge in [0.15, 0.2) is 15.7 Å². The minimum absolute atomic E-state index is 0.113. The van der Waals surface area contributed by atoms with Crippen LogP contribution in [0.4, 0.5) is 11.8 Å². The summed E-state index contributed by atoms with van der Waals surface area (Å²) in [5.74, 6) is 1.72. The number of hydrogen-bond acceptors (Lipinski definition) is 7. The Balaban J connectivity index is 1.37. The zero-order chi connectivity index (χ0) is 21.4. The second kappa shape index (κ2) is 8.56. The quantitative estimate of drug-likeness (QED) is 0.744. The Labute approximate surface area is 188 Å². The van der Waals surface area contributed by atoms with Gasteiger partial charge >= 0.3 is 0 Å². The van der Waals surface area contributed by atoms with E-state index in [2.05, 4.69) is 27.3 Å². The molecule has 0 atom stereocenters. The largest absolute Gasteiger partial charge is 0.381 e. The third kappa shape index (κ3) is 4.38. The van der Waals surface area contributed by atoms with Gasteiger partial charge in [0, 0.05) is 43.8 Å². The van der Waals surface area contributed by atoms with E-state index in [4.69, 9.17) is 21.3 Å². The van der Waals surface area contributed by atoms with Crippen molar-refractivity contribution in [1.29, 1.82) is 0 Å². The topological polar surface area (TPSA) is 84.4 Å². The lowest BCUT2D eigenvalue weighted by atomic mass is 9.89. The van der Waals surface area contributed by atoms with Gasteiger partial charge in [0.05, 0.1) is 11.4 Å². The lowest BCUT2D eigenvalue weighted by molar-refractivity contribution is 0.0903. The van der Waals surface area contributed by atoms with Crippen molar-refractivity contribution in [2.24, 2.45) is 0 Å². The molecule has 0 spiro atoms. The first-order chi connectivity index (χ1) is 15.0. The number of fused-ring (bicyclic) bond motifs is 1. The monoisotopic (exact) mass is 462 g/mol. The van der Waals surface area contributed by atoms with E-state index in [-0.39, 0.29) is 11.8 Å². The van der Waals surface area contributed by atoms with E-state index in [0.717, 1.165) is 43.8 Å². The molecule has 1 N–H and O–H groups in total. The van der Waals surface area contributed by atoms with Gasteiger partial charge in [-0.3, -0.25) is 0 Å². The van der Waals surface area contributed by atoms with E-state index >= 15 is 0 Å². The first-order valence-electron chi connectivity index (χ1n) is 11.0. The summed E-state index contributed by atoms with van der Waals surface area (Å²) in [6.45, 7) is 3.05. The highest BCUT2D eigenvalue weighted by molar-refractivity contribution is 7.91. The van der Waals surface area contributed by atoms with E-state index < -0.39 is 9.84 Å². The molecule has 7 nitrogen and oxygen atoms in total. The number of halogens is 1. The molecule has 0 unspecified atom stereocenters. The van der Waals surface area contributed by atoms with Gasteiger partial charge in [-0.05, 0) is 49.3 Å². The number of aromatic nitrogens is 2. The summed E-state index contributed by atoms with van der Waals surface area (Å²) in [4.78, 5) is 11.9. The first kappa shape index (κ1) is 21.0. The number of piperidine rings is 1. The normalized spacial score (nSPS) is 21.8. The van der Waals surface area contributed by atoms with Gasteiger partial charge in [0.1, 0.15) is 4.90 Å². The molecule has 5 rings (SSSR count). The van der Waals surface area contributed by atoms with Crippen molar-refractivity contribution in [3.8, 4) is 0 Å². The fourth-order valence-corrected chi connectivity index (χ4v) is 6.43. The van der Waals surface area contributed by atoms with Gasteiger partial charge in [-0.1, -0.05) is 23.7 Å². The highest BCUT2D eigenvalue weighted by Crippen LogP contribution is 2.35. The van der Waals surface area contributed by atoms with Crippen LogP contribution in [0.3, 0.4) is 0 Å². The van der Waals surface area contributed by atoms with Crippen LogP contribution in [-0.2, 0) is 21.0 Å². The van der Waals surface area contributed by atoms with E-state index in [1.54, 1.807) is 0 Å². The van der Waals surface area contributed by atoms with Gasteiger partial charge in [-0.2, -0.15) is 4.98 Å². The average molecular weight is 463 g/mol. The summed E-state index contributed by atoms with van der Waals surface area (Å²) >= 11 is 6.02. The molecule has 0 saturated carbocycles. The Morgan fingerprint density at radius 1 is 1.03 bits per heavy atom.